The maximum Gasteiger partial charge on any atom is 0.295 e. The van der Waals surface area contributed by atoms with Crippen LogP contribution in [0, 0.1) is 0 Å². The van der Waals surface area contributed by atoms with Gasteiger partial charge in [0.1, 0.15) is 4.90 Å². The number of carbonyl (C=O) groups is 1. The van der Waals surface area contributed by atoms with E-state index in [1.807, 2.05) is 0 Å². The Morgan fingerprint density at radius 2 is 1.44 bits per heavy atom. The third kappa shape index (κ3) is 5.37. The molecule has 0 unspecified atom stereocenters. The first-order chi connectivity index (χ1) is 7.16. The Morgan fingerprint density at radius 1 is 0.944 bits per heavy atom. The van der Waals surface area contributed by atoms with Crippen LogP contribution in [0.3, 0.4) is 0 Å². The maximum atomic E-state index is 10.8. The van der Waals surface area contributed by atoms with E-state index in [9.17, 15) is 21.6 Å². The molecule has 7 nitrogen and oxygen atoms in total. The van der Waals surface area contributed by atoms with Crippen LogP contribution < -0.4 is 0 Å². The second-order valence-corrected chi connectivity index (χ2v) is 5.58. The molecule has 1 aromatic carbocycles. The molecule has 0 aromatic heterocycles. The normalized spacial score (nSPS) is 11.0. The van der Waals surface area contributed by atoms with Crippen LogP contribution >= 0.6 is 0 Å². The van der Waals surface area contributed by atoms with Crippen LogP contribution in [0.15, 0.2) is 28.0 Å². The van der Waals surface area contributed by atoms with Crippen molar-refractivity contribution < 1.29 is 30.7 Å². The molecule has 0 heterocycles. The van der Waals surface area contributed by atoms with Gasteiger partial charge in [0.05, 0.1) is 4.90 Å². The van der Waals surface area contributed by atoms with E-state index < -0.39 is 35.6 Å². The number of carbonyl (C=O) groups excluding carboxylic acids is 1. The van der Waals surface area contributed by atoms with E-state index in [1.54, 1.807) is 0 Å². The number of aldehydes is 1. The molecule has 0 fully saturated rings. The molecule has 0 saturated heterocycles. The summed E-state index contributed by atoms with van der Waals surface area (Å²) < 4.78 is 60.2. The van der Waals surface area contributed by atoms with E-state index in [1.165, 1.54) is 0 Å². The minimum Gasteiger partial charge on any atom is -0.298 e. The summed E-state index contributed by atoms with van der Waals surface area (Å²) >= 11 is 0. The Hall–Kier alpha value is 0.710. The molecule has 0 saturated carbocycles. The molecule has 1 aromatic rings. The summed E-state index contributed by atoms with van der Waals surface area (Å²) in [4.78, 5) is 9.14. The van der Waals surface area contributed by atoms with Crippen LogP contribution in [-0.4, -0.2) is 91.3 Å². The van der Waals surface area contributed by atoms with Crippen molar-refractivity contribution in [3.63, 3.8) is 0 Å². The van der Waals surface area contributed by atoms with Gasteiger partial charge in [-0.15, -0.1) is 0 Å². The number of hydrogen-bond acceptors (Lipinski definition) is 5. The van der Waals surface area contributed by atoms with Crippen LogP contribution in [0.25, 0.3) is 0 Å². The topological polar surface area (TPSA) is 126 Å². The summed E-state index contributed by atoms with van der Waals surface area (Å²) in [6.45, 7) is 0. The fourth-order valence-electron chi connectivity index (χ4n) is 1.01. The van der Waals surface area contributed by atoms with Crippen molar-refractivity contribution in [1.82, 2.24) is 0 Å². The SMILES string of the molecule is O=Cc1cc(S(=O)(=O)O)ccc1S(=O)(=O)O.[Na].[Na]. The zero-order valence-corrected chi connectivity index (χ0v) is 15.2. The molecule has 0 spiro atoms. The van der Waals surface area contributed by atoms with Crippen LogP contribution in [0.2, 0.25) is 0 Å². The van der Waals surface area contributed by atoms with Crippen molar-refractivity contribution in [2.75, 3.05) is 0 Å². The minimum atomic E-state index is -4.62. The Bertz CT molecular complexity index is 636. The van der Waals surface area contributed by atoms with Crippen molar-refractivity contribution in [2.24, 2.45) is 0 Å². The first-order valence-corrected chi connectivity index (χ1v) is 6.58. The zero-order valence-electron chi connectivity index (χ0n) is 9.56. The summed E-state index contributed by atoms with van der Waals surface area (Å²) in [5, 5.41) is 0. The molecule has 0 aliphatic heterocycles. The third-order valence-electron chi connectivity index (χ3n) is 1.68. The molecule has 90 valence electrons. The van der Waals surface area contributed by atoms with Crippen molar-refractivity contribution in [3.8, 4) is 0 Å². The molecular formula is C7H6Na2O7S2. The Labute approximate surface area is 148 Å². The second-order valence-electron chi connectivity index (χ2n) is 2.77. The van der Waals surface area contributed by atoms with Crippen molar-refractivity contribution in [3.05, 3.63) is 23.8 Å². The van der Waals surface area contributed by atoms with Crippen LogP contribution in [0.4, 0.5) is 0 Å². The van der Waals surface area contributed by atoms with Gasteiger partial charge in [0.25, 0.3) is 20.2 Å². The quantitative estimate of drug-likeness (QED) is 0.426. The predicted molar refractivity (Wildman–Crippen MR) is 63.0 cm³/mol. The third-order valence-corrected chi connectivity index (χ3v) is 3.46. The summed E-state index contributed by atoms with van der Waals surface area (Å²) in [6.07, 6.45) is 0.0534. The second kappa shape index (κ2) is 7.48. The molecule has 18 heavy (non-hydrogen) atoms. The molecule has 0 bridgehead atoms. The van der Waals surface area contributed by atoms with Crippen LogP contribution in [-0.2, 0) is 20.2 Å². The standard InChI is InChI=1S/C7H6O7S2.2Na/c8-4-5-3-6(15(9,10)11)1-2-7(5)16(12,13)14;;/h1-4H,(H,9,10,11)(H,12,13,14);;. The van der Waals surface area contributed by atoms with Crippen molar-refractivity contribution in [1.29, 1.82) is 0 Å². The largest absolute Gasteiger partial charge is 0.298 e. The zero-order chi connectivity index (χ0) is 12.6. The molecular weight excluding hydrogens is 306 g/mol. The molecule has 2 N–H and O–H groups in total. The average molecular weight is 312 g/mol. The smallest absolute Gasteiger partial charge is 0.295 e. The van der Waals surface area contributed by atoms with E-state index in [2.05, 4.69) is 0 Å². The van der Waals surface area contributed by atoms with E-state index in [-0.39, 0.29) is 65.4 Å². The summed E-state index contributed by atoms with van der Waals surface area (Å²) in [6, 6.07) is 2.11. The van der Waals surface area contributed by atoms with Gasteiger partial charge in [-0.1, -0.05) is 0 Å². The molecule has 0 aliphatic rings. The summed E-state index contributed by atoms with van der Waals surface area (Å²) in [7, 11) is -9.15. The van der Waals surface area contributed by atoms with Gasteiger partial charge in [0, 0.05) is 64.7 Å². The number of hydrogen-bond donors (Lipinski definition) is 2. The molecule has 0 atom stereocenters. The molecule has 1 rings (SSSR count). The van der Waals surface area contributed by atoms with Gasteiger partial charge >= 0.3 is 0 Å². The van der Waals surface area contributed by atoms with Gasteiger partial charge < -0.3 is 0 Å². The van der Waals surface area contributed by atoms with Crippen molar-refractivity contribution in [2.45, 2.75) is 9.79 Å². The fourth-order valence-corrected chi connectivity index (χ4v) is 2.17. The van der Waals surface area contributed by atoms with E-state index in [0.29, 0.717) is 12.1 Å². The number of benzene rings is 1. The Kier molecular flexibility index (Phi) is 8.73. The fraction of sp³-hybridized carbons (Fsp3) is 0. The number of rotatable bonds is 3. The van der Waals surface area contributed by atoms with Gasteiger partial charge in [0.15, 0.2) is 6.29 Å². The summed E-state index contributed by atoms with van der Waals surface area (Å²) in [5.41, 5.74) is -0.558. The predicted octanol–water partition coefficient (Wildman–Crippen LogP) is -0.769. The van der Waals surface area contributed by atoms with Gasteiger partial charge in [-0.2, -0.15) is 16.8 Å². The van der Waals surface area contributed by atoms with E-state index >= 15 is 0 Å². The Balaban J connectivity index is 0. The summed E-state index contributed by atoms with van der Waals surface area (Å²) in [5.74, 6) is 0. The molecule has 11 heteroatoms. The van der Waals surface area contributed by atoms with Gasteiger partial charge in [-0.05, 0) is 18.2 Å². The van der Waals surface area contributed by atoms with Gasteiger partial charge in [-0.3, -0.25) is 13.9 Å². The molecule has 2 radical (unpaired) electrons. The van der Waals surface area contributed by atoms with Gasteiger partial charge in [0.2, 0.25) is 0 Å². The first-order valence-electron chi connectivity index (χ1n) is 3.70. The van der Waals surface area contributed by atoms with Crippen LogP contribution in [0.1, 0.15) is 10.4 Å². The first kappa shape index (κ1) is 21.0. The van der Waals surface area contributed by atoms with Crippen LogP contribution in [0.5, 0.6) is 0 Å². The van der Waals surface area contributed by atoms with Gasteiger partial charge in [-0.25, -0.2) is 0 Å². The average Bonchev–Trinajstić information content (AvgIpc) is 2.14. The van der Waals surface area contributed by atoms with Crippen molar-refractivity contribution >= 4 is 85.6 Å². The molecule has 0 aliphatic carbocycles. The van der Waals surface area contributed by atoms with E-state index in [0.717, 1.165) is 6.07 Å². The Morgan fingerprint density at radius 3 is 1.78 bits per heavy atom. The van der Waals surface area contributed by atoms with E-state index in [4.69, 9.17) is 9.11 Å². The maximum absolute atomic E-state index is 10.8. The monoisotopic (exact) mass is 312 g/mol. The molecule has 0 amide bonds. The minimum absolute atomic E-state index is 0.